The van der Waals surface area contributed by atoms with Crippen LogP contribution in [0, 0.1) is 17.0 Å². The molecule has 0 amide bonds. The Balaban J connectivity index is 2.71. The second-order valence-electron chi connectivity index (χ2n) is 5.28. The largest absolute Gasteiger partial charge is 0.476 e. The van der Waals surface area contributed by atoms with Crippen LogP contribution in [0.2, 0.25) is 0 Å². The Morgan fingerprint density at radius 1 is 1.39 bits per heavy atom. The van der Waals surface area contributed by atoms with E-state index in [0.29, 0.717) is 11.4 Å². The van der Waals surface area contributed by atoms with E-state index in [4.69, 9.17) is 0 Å². The van der Waals surface area contributed by atoms with Gasteiger partial charge in [0, 0.05) is 18.1 Å². The number of nitrogens with zero attached hydrogens (tertiary/aromatic N) is 4. The molecule has 1 aromatic heterocycles. The van der Waals surface area contributed by atoms with Crippen molar-refractivity contribution in [2.45, 2.75) is 39.5 Å². The van der Waals surface area contributed by atoms with Crippen molar-refractivity contribution in [2.24, 2.45) is 0 Å². The van der Waals surface area contributed by atoms with Crippen molar-refractivity contribution in [3.05, 3.63) is 45.3 Å². The van der Waals surface area contributed by atoms with Gasteiger partial charge < -0.3 is 5.11 Å². The first-order chi connectivity index (χ1) is 10.9. The monoisotopic (exact) mass is 318 g/mol. The minimum atomic E-state index is -1.15. The molecule has 0 aliphatic carbocycles. The van der Waals surface area contributed by atoms with Gasteiger partial charge in [0.1, 0.15) is 0 Å². The number of nitro benzene ring substituents is 1. The van der Waals surface area contributed by atoms with Gasteiger partial charge in [-0.1, -0.05) is 25.1 Å². The molecule has 0 aliphatic rings. The molecule has 0 spiro atoms. The molecule has 8 heteroatoms. The fourth-order valence-electron chi connectivity index (χ4n) is 2.60. The van der Waals surface area contributed by atoms with Gasteiger partial charge in [0.2, 0.25) is 0 Å². The second kappa shape index (κ2) is 6.55. The first kappa shape index (κ1) is 16.6. The highest BCUT2D eigenvalue weighted by molar-refractivity contribution is 5.87. The molecule has 1 heterocycles. The van der Waals surface area contributed by atoms with E-state index in [1.807, 2.05) is 13.8 Å². The SMILES string of the molecule is CCC(CC)c1c(C(=O)O)nnn1-c1cc([N+](=O)[O-])ccc1C. The first-order valence-electron chi connectivity index (χ1n) is 7.34. The standard InChI is InChI=1S/C15H18N4O4/c1-4-10(5-2)14-13(15(20)21)16-17-18(14)12-8-11(19(22)23)7-6-9(12)3/h6-8,10H,4-5H2,1-3H3,(H,20,21). The van der Waals surface area contributed by atoms with Gasteiger partial charge in [0.15, 0.2) is 5.69 Å². The predicted molar refractivity (Wildman–Crippen MR) is 83.0 cm³/mol. The van der Waals surface area contributed by atoms with Crippen LogP contribution in [0.3, 0.4) is 0 Å². The lowest BCUT2D eigenvalue weighted by Crippen LogP contribution is -2.12. The van der Waals surface area contributed by atoms with Crippen LogP contribution in [0.1, 0.15) is 54.4 Å². The molecular weight excluding hydrogens is 300 g/mol. The van der Waals surface area contributed by atoms with Crippen molar-refractivity contribution in [3.63, 3.8) is 0 Å². The van der Waals surface area contributed by atoms with Gasteiger partial charge in [-0.25, -0.2) is 9.48 Å². The molecule has 1 aromatic carbocycles. The summed E-state index contributed by atoms with van der Waals surface area (Å²) in [6.45, 7) is 5.70. The number of hydrogen-bond donors (Lipinski definition) is 1. The number of carboxylic acid groups (broad SMARTS) is 1. The Bertz CT molecular complexity index is 750. The summed E-state index contributed by atoms with van der Waals surface area (Å²) in [7, 11) is 0. The van der Waals surface area contributed by atoms with E-state index in [1.54, 1.807) is 13.0 Å². The van der Waals surface area contributed by atoms with Crippen molar-refractivity contribution in [1.29, 1.82) is 0 Å². The highest BCUT2D eigenvalue weighted by Crippen LogP contribution is 2.29. The van der Waals surface area contributed by atoms with Gasteiger partial charge in [-0.3, -0.25) is 10.1 Å². The molecule has 122 valence electrons. The maximum atomic E-state index is 11.4. The molecule has 0 saturated carbocycles. The van der Waals surface area contributed by atoms with Crippen molar-refractivity contribution >= 4 is 11.7 Å². The lowest BCUT2D eigenvalue weighted by Gasteiger charge is -2.16. The van der Waals surface area contributed by atoms with Gasteiger partial charge >= 0.3 is 5.97 Å². The van der Waals surface area contributed by atoms with Crippen LogP contribution in [0.15, 0.2) is 18.2 Å². The topological polar surface area (TPSA) is 111 Å². The summed E-state index contributed by atoms with van der Waals surface area (Å²) in [4.78, 5) is 22.0. The number of benzene rings is 1. The molecular formula is C15H18N4O4. The summed E-state index contributed by atoms with van der Waals surface area (Å²) in [6, 6.07) is 4.42. The number of hydrogen-bond acceptors (Lipinski definition) is 5. The van der Waals surface area contributed by atoms with E-state index in [9.17, 15) is 20.0 Å². The number of carboxylic acids is 1. The van der Waals surface area contributed by atoms with Crippen LogP contribution in [-0.4, -0.2) is 31.0 Å². The molecule has 23 heavy (non-hydrogen) atoms. The molecule has 0 radical (unpaired) electrons. The third-order valence-corrected chi connectivity index (χ3v) is 3.91. The maximum absolute atomic E-state index is 11.4. The van der Waals surface area contributed by atoms with Gasteiger partial charge in [0.05, 0.1) is 16.3 Å². The summed E-state index contributed by atoms with van der Waals surface area (Å²) in [5.74, 6) is -1.20. The summed E-state index contributed by atoms with van der Waals surface area (Å²) in [6.07, 6.45) is 1.44. The van der Waals surface area contributed by atoms with E-state index in [2.05, 4.69) is 10.3 Å². The number of non-ortho nitro benzene ring substituents is 1. The van der Waals surface area contributed by atoms with Crippen molar-refractivity contribution in [1.82, 2.24) is 15.0 Å². The lowest BCUT2D eigenvalue weighted by atomic mass is 9.97. The lowest BCUT2D eigenvalue weighted by molar-refractivity contribution is -0.384. The average Bonchev–Trinajstić information content (AvgIpc) is 2.93. The Morgan fingerprint density at radius 3 is 2.57 bits per heavy atom. The molecule has 2 aromatic rings. The quantitative estimate of drug-likeness (QED) is 0.647. The smallest absolute Gasteiger partial charge is 0.358 e. The molecule has 0 bridgehead atoms. The molecule has 0 atom stereocenters. The van der Waals surface area contributed by atoms with Gasteiger partial charge in [-0.2, -0.15) is 0 Å². The zero-order valence-electron chi connectivity index (χ0n) is 13.2. The minimum Gasteiger partial charge on any atom is -0.476 e. The third kappa shape index (κ3) is 3.05. The summed E-state index contributed by atoms with van der Waals surface area (Å²) in [5, 5.41) is 28.1. The van der Waals surface area contributed by atoms with Crippen molar-refractivity contribution < 1.29 is 14.8 Å². The Hall–Kier alpha value is -2.77. The fraction of sp³-hybridized carbons (Fsp3) is 0.400. The highest BCUT2D eigenvalue weighted by Gasteiger charge is 2.26. The zero-order chi connectivity index (χ0) is 17.1. The Kier molecular flexibility index (Phi) is 4.73. The number of aromatic carboxylic acids is 1. The van der Waals surface area contributed by atoms with Crippen molar-refractivity contribution in [2.75, 3.05) is 0 Å². The van der Waals surface area contributed by atoms with Gasteiger partial charge in [-0.15, -0.1) is 5.10 Å². The third-order valence-electron chi connectivity index (χ3n) is 3.91. The molecule has 2 rings (SSSR count). The minimum absolute atomic E-state index is 0.0465. The molecule has 0 unspecified atom stereocenters. The first-order valence-corrected chi connectivity index (χ1v) is 7.34. The number of carbonyl (C=O) groups is 1. The number of rotatable bonds is 6. The molecule has 8 nitrogen and oxygen atoms in total. The number of nitro groups is 1. The van der Waals surface area contributed by atoms with Crippen LogP contribution < -0.4 is 0 Å². The van der Waals surface area contributed by atoms with E-state index in [0.717, 1.165) is 18.4 Å². The number of aryl methyl sites for hydroxylation is 1. The van der Waals surface area contributed by atoms with E-state index in [-0.39, 0.29) is 17.3 Å². The van der Waals surface area contributed by atoms with Crippen LogP contribution in [-0.2, 0) is 0 Å². The van der Waals surface area contributed by atoms with Crippen LogP contribution >= 0.6 is 0 Å². The summed E-state index contributed by atoms with van der Waals surface area (Å²) in [5.41, 5.74) is 1.52. The van der Waals surface area contributed by atoms with Gasteiger partial charge in [-0.05, 0) is 25.3 Å². The van der Waals surface area contributed by atoms with E-state index in [1.165, 1.54) is 16.8 Å². The Morgan fingerprint density at radius 2 is 2.04 bits per heavy atom. The van der Waals surface area contributed by atoms with Crippen LogP contribution in [0.4, 0.5) is 5.69 Å². The van der Waals surface area contributed by atoms with E-state index >= 15 is 0 Å². The summed E-state index contributed by atoms with van der Waals surface area (Å²) >= 11 is 0. The maximum Gasteiger partial charge on any atom is 0.358 e. The van der Waals surface area contributed by atoms with E-state index < -0.39 is 10.9 Å². The Labute approximate surface area is 132 Å². The predicted octanol–water partition coefficient (Wildman–Crippen LogP) is 3.09. The van der Waals surface area contributed by atoms with Crippen LogP contribution in [0.25, 0.3) is 5.69 Å². The zero-order valence-corrected chi connectivity index (χ0v) is 13.2. The number of aromatic nitrogens is 3. The molecule has 0 aliphatic heterocycles. The van der Waals surface area contributed by atoms with Gasteiger partial charge in [0.25, 0.3) is 5.69 Å². The fourth-order valence-corrected chi connectivity index (χ4v) is 2.60. The summed E-state index contributed by atoms with van der Waals surface area (Å²) < 4.78 is 1.42. The molecule has 1 N–H and O–H groups in total. The van der Waals surface area contributed by atoms with Crippen molar-refractivity contribution in [3.8, 4) is 5.69 Å². The molecule has 0 saturated heterocycles. The van der Waals surface area contributed by atoms with Crippen LogP contribution in [0.5, 0.6) is 0 Å². The second-order valence-corrected chi connectivity index (χ2v) is 5.28. The normalized spacial score (nSPS) is 11.0. The molecule has 0 fully saturated rings. The average molecular weight is 318 g/mol. The highest BCUT2D eigenvalue weighted by atomic mass is 16.6.